The van der Waals surface area contributed by atoms with Gasteiger partial charge in [-0.2, -0.15) is 0 Å². The summed E-state index contributed by atoms with van der Waals surface area (Å²) < 4.78 is 16.1. The Hall–Kier alpha value is -2.33. The molecule has 0 saturated heterocycles. The summed E-state index contributed by atoms with van der Waals surface area (Å²) >= 11 is 6.00. The average Bonchev–Trinajstić information content (AvgIpc) is 2.89. The first-order valence-corrected chi connectivity index (χ1v) is 9.57. The molecule has 0 aliphatic heterocycles. The van der Waals surface area contributed by atoms with Crippen molar-refractivity contribution < 1.29 is 14.3 Å². The largest absolute Gasteiger partial charge is 0.481 e. The minimum absolute atomic E-state index is 0.0657. The van der Waals surface area contributed by atoms with Gasteiger partial charge >= 0.3 is 5.97 Å². The summed E-state index contributed by atoms with van der Waals surface area (Å²) in [5.74, 6) is -0.750. The van der Waals surface area contributed by atoms with Crippen molar-refractivity contribution in [3.63, 3.8) is 0 Å². The molecule has 4 rings (SSSR count). The number of halogens is 2. The van der Waals surface area contributed by atoms with E-state index in [2.05, 4.69) is 11.5 Å². The number of benzene rings is 2. The van der Waals surface area contributed by atoms with Gasteiger partial charge in [-0.15, -0.1) is 0 Å². The van der Waals surface area contributed by atoms with Gasteiger partial charge in [0.2, 0.25) is 0 Å². The Labute approximate surface area is 162 Å². The molecule has 1 aliphatic rings. The molecule has 2 atom stereocenters. The predicted molar refractivity (Wildman–Crippen MR) is 105 cm³/mol. The Kier molecular flexibility index (Phi) is 4.68. The van der Waals surface area contributed by atoms with E-state index < -0.39 is 5.97 Å². The maximum atomic E-state index is 14.0. The zero-order valence-electron chi connectivity index (χ0n) is 15.1. The third-order valence-electron chi connectivity index (χ3n) is 5.48. The van der Waals surface area contributed by atoms with Crippen LogP contribution in [0.5, 0.6) is 0 Å². The third-order valence-corrected chi connectivity index (χ3v) is 5.73. The Morgan fingerprint density at radius 3 is 2.70 bits per heavy atom. The molecule has 1 aromatic heterocycles. The molecule has 1 N–H and O–H groups in total. The number of fused-ring (bicyclic) bond motifs is 3. The van der Waals surface area contributed by atoms with Crippen molar-refractivity contribution in [2.24, 2.45) is 5.92 Å². The molecule has 27 heavy (non-hydrogen) atoms. The van der Waals surface area contributed by atoms with E-state index in [-0.39, 0.29) is 18.2 Å². The zero-order chi connectivity index (χ0) is 19.1. The van der Waals surface area contributed by atoms with Crippen LogP contribution < -0.4 is 0 Å². The van der Waals surface area contributed by atoms with Gasteiger partial charge in [0.1, 0.15) is 5.82 Å². The first-order valence-electron chi connectivity index (χ1n) is 9.19. The number of carboxylic acids is 1. The Balaban J connectivity index is 1.91. The van der Waals surface area contributed by atoms with Gasteiger partial charge in [0.15, 0.2) is 0 Å². The van der Waals surface area contributed by atoms with Crippen molar-refractivity contribution >= 4 is 28.5 Å². The lowest BCUT2D eigenvalue weighted by molar-refractivity contribution is -0.137. The average molecular weight is 386 g/mol. The van der Waals surface area contributed by atoms with Crippen LogP contribution in [-0.2, 0) is 17.8 Å². The highest BCUT2D eigenvalue weighted by Gasteiger charge is 2.32. The van der Waals surface area contributed by atoms with Crippen molar-refractivity contribution in [1.29, 1.82) is 0 Å². The van der Waals surface area contributed by atoms with E-state index in [0.29, 0.717) is 17.5 Å². The van der Waals surface area contributed by atoms with Gasteiger partial charge in [0, 0.05) is 34.1 Å². The summed E-state index contributed by atoms with van der Waals surface area (Å²) in [6.45, 7) is 2.75. The number of hydrogen-bond acceptors (Lipinski definition) is 1. The van der Waals surface area contributed by atoms with Gasteiger partial charge in [-0.3, -0.25) is 4.79 Å². The molecule has 0 amide bonds. The molecule has 0 bridgehead atoms. The Morgan fingerprint density at radius 1 is 1.26 bits per heavy atom. The standard InChI is InChI=1S/C22H21ClFNO2/c1-13-8-15(10-21(26)27)22-19(9-13)18-11-17(24)6-7-20(18)25(22)12-14-2-4-16(23)5-3-14/h2-7,11,13,15H,8-10,12H2,1H3,(H,26,27). The van der Waals surface area contributed by atoms with Crippen LogP contribution in [0.1, 0.15) is 42.5 Å². The topological polar surface area (TPSA) is 42.2 Å². The van der Waals surface area contributed by atoms with Gasteiger partial charge in [-0.25, -0.2) is 4.39 Å². The van der Waals surface area contributed by atoms with Crippen LogP contribution in [0.3, 0.4) is 0 Å². The summed E-state index contributed by atoms with van der Waals surface area (Å²) in [6.07, 6.45) is 1.77. The minimum atomic E-state index is -0.797. The fraction of sp³-hybridized carbons (Fsp3) is 0.318. The second-order valence-electron chi connectivity index (χ2n) is 7.58. The molecule has 0 radical (unpaired) electrons. The first kappa shape index (κ1) is 18.1. The van der Waals surface area contributed by atoms with Crippen LogP contribution in [0, 0.1) is 11.7 Å². The van der Waals surface area contributed by atoms with Crippen molar-refractivity contribution in [2.75, 3.05) is 0 Å². The highest BCUT2D eigenvalue weighted by atomic mass is 35.5. The van der Waals surface area contributed by atoms with Crippen LogP contribution in [0.15, 0.2) is 42.5 Å². The number of carbonyl (C=O) groups is 1. The van der Waals surface area contributed by atoms with E-state index in [1.165, 1.54) is 6.07 Å². The van der Waals surface area contributed by atoms with Gasteiger partial charge in [0.25, 0.3) is 0 Å². The zero-order valence-corrected chi connectivity index (χ0v) is 15.8. The van der Waals surface area contributed by atoms with Gasteiger partial charge in [-0.05, 0) is 60.2 Å². The maximum absolute atomic E-state index is 14.0. The minimum Gasteiger partial charge on any atom is -0.481 e. The maximum Gasteiger partial charge on any atom is 0.304 e. The van der Waals surface area contributed by atoms with Gasteiger partial charge < -0.3 is 9.67 Å². The number of rotatable bonds is 4. The van der Waals surface area contributed by atoms with Crippen LogP contribution in [0.25, 0.3) is 10.9 Å². The lowest BCUT2D eigenvalue weighted by Gasteiger charge is -2.29. The van der Waals surface area contributed by atoms with E-state index >= 15 is 0 Å². The lowest BCUT2D eigenvalue weighted by Crippen LogP contribution is -2.21. The van der Waals surface area contributed by atoms with E-state index in [9.17, 15) is 14.3 Å². The van der Waals surface area contributed by atoms with Crippen molar-refractivity contribution in [1.82, 2.24) is 4.57 Å². The van der Waals surface area contributed by atoms with E-state index in [4.69, 9.17) is 11.6 Å². The second-order valence-corrected chi connectivity index (χ2v) is 8.01. The summed E-state index contributed by atoms with van der Waals surface area (Å²) in [7, 11) is 0. The molecule has 140 valence electrons. The second kappa shape index (κ2) is 7.01. The van der Waals surface area contributed by atoms with Crippen LogP contribution in [0.2, 0.25) is 5.02 Å². The summed E-state index contributed by atoms with van der Waals surface area (Å²) in [6, 6.07) is 12.5. The smallest absolute Gasteiger partial charge is 0.304 e. The van der Waals surface area contributed by atoms with Crippen LogP contribution >= 0.6 is 11.6 Å². The molecule has 0 saturated carbocycles. The lowest BCUT2D eigenvalue weighted by atomic mass is 9.79. The van der Waals surface area contributed by atoms with Gasteiger partial charge in [-0.1, -0.05) is 30.7 Å². The first-order chi connectivity index (χ1) is 12.9. The summed E-state index contributed by atoms with van der Waals surface area (Å²) in [5, 5.41) is 11.0. The van der Waals surface area contributed by atoms with Gasteiger partial charge in [0.05, 0.1) is 6.42 Å². The quantitative estimate of drug-likeness (QED) is 0.633. The predicted octanol–water partition coefficient (Wildman–Crippen LogP) is 5.62. The number of hydrogen-bond donors (Lipinski definition) is 1. The number of aromatic nitrogens is 1. The molecule has 3 nitrogen and oxygen atoms in total. The highest BCUT2D eigenvalue weighted by Crippen LogP contribution is 2.42. The molecule has 2 unspecified atom stereocenters. The third kappa shape index (κ3) is 3.46. The van der Waals surface area contributed by atoms with E-state index in [1.807, 2.05) is 24.3 Å². The molecule has 5 heteroatoms. The normalized spacial score (nSPS) is 19.2. The van der Waals surface area contributed by atoms with Crippen molar-refractivity contribution in [3.8, 4) is 0 Å². The number of aliphatic carboxylic acids is 1. The molecule has 2 aromatic carbocycles. The fourth-order valence-electron chi connectivity index (χ4n) is 4.46. The highest BCUT2D eigenvalue weighted by molar-refractivity contribution is 6.30. The monoisotopic (exact) mass is 385 g/mol. The Bertz CT molecular complexity index is 1010. The Morgan fingerprint density at radius 2 is 2.00 bits per heavy atom. The number of nitrogens with zero attached hydrogens (tertiary/aromatic N) is 1. The molecule has 0 spiro atoms. The fourth-order valence-corrected chi connectivity index (χ4v) is 4.59. The van der Waals surface area contributed by atoms with E-state index in [1.54, 1.807) is 12.1 Å². The SMILES string of the molecule is CC1Cc2c(n(Cc3ccc(Cl)cc3)c3ccc(F)cc23)C(CC(=O)O)C1. The molecule has 1 heterocycles. The molecular weight excluding hydrogens is 365 g/mol. The summed E-state index contributed by atoms with van der Waals surface area (Å²) in [4.78, 5) is 11.5. The van der Waals surface area contributed by atoms with Crippen molar-refractivity contribution in [2.45, 2.75) is 38.6 Å². The molecule has 3 aromatic rings. The summed E-state index contributed by atoms with van der Waals surface area (Å²) in [5.41, 5.74) is 4.19. The molecule has 0 fully saturated rings. The molecular formula is C22H21ClFNO2. The molecule has 1 aliphatic carbocycles. The van der Waals surface area contributed by atoms with E-state index in [0.717, 1.165) is 40.6 Å². The van der Waals surface area contributed by atoms with Crippen LogP contribution in [-0.4, -0.2) is 15.6 Å². The number of carboxylic acid groups (broad SMARTS) is 1. The van der Waals surface area contributed by atoms with Crippen LogP contribution in [0.4, 0.5) is 4.39 Å². The van der Waals surface area contributed by atoms with Crippen molar-refractivity contribution in [3.05, 3.63) is 70.1 Å².